The van der Waals surface area contributed by atoms with E-state index < -0.39 is 0 Å². The minimum Gasteiger partial charge on any atom is -0.440 e. The van der Waals surface area contributed by atoms with Crippen molar-refractivity contribution in [1.82, 2.24) is 19.9 Å². The number of carbonyl (C=O) groups excluding carboxylic acids is 1. The Morgan fingerprint density at radius 1 is 1.03 bits per heavy atom. The maximum absolute atomic E-state index is 11.4. The number of rotatable bonds is 5. The zero-order valence-corrected chi connectivity index (χ0v) is 18.6. The molecule has 1 aliphatic heterocycles. The summed E-state index contributed by atoms with van der Waals surface area (Å²) in [6.07, 6.45) is 3.35. The number of piperidine rings is 1. The van der Waals surface area contributed by atoms with Gasteiger partial charge in [-0.2, -0.15) is 4.98 Å². The van der Waals surface area contributed by atoms with E-state index in [1.807, 2.05) is 49.4 Å². The van der Waals surface area contributed by atoms with Crippen molar-refractivity contribution < 1.29 is 9.21 Å². The van der Waals surface area contributed by atoms with Crippen LogP contribution in [-0.4, -0.2) is 38.9 Å². The van der Waals surface area contributed by atoms with Crippen LogP contribution in [0.1, 0.15) is 37.1 Å². The molecule has 9 nitrogen and oxygen atoms in total. The van der Waals surface area contributed by atoms with Crippen LogP contribution in [0, 0.1) is 6.92 Å². The molecule has 1 fully saturated rings. The van der Waals surface area contributed by atoms with Gasteiger partial charge in [0.05, 0.1) is 0 Å². The number of nitrogens with zero attached hydrogens (tertiary/aromatic N) is 5. The first-order chi connectivity index (χ1) is 16.1. The van der Waals surface area contributed by atoms with Crippen LogP contribution in [-0.2, 0) is 4.79 Å². The molecule has 0 aliphatic carbocycles. The molecule has 0 saturated carbocycles. The molecule has 0 bridgehead atoms. The van der Waals surface area contributed by atoms with E-state index in [1.54, 1.807) is 0 Å². The summed E-state index contributed by atoms with van der Waals surface area (Å²) in [6.45, 7) is 5.05. The van der Waals surface area contributed by atoms with E-state index in [4.69, 9.17) is 4.42 Å². The summed E-state index contributed by atoms with van der Waals surface area (Å²) in [4.78, 5) is 31.5. The highest BCUT2D eigenvalue weighted by atomic mass is 16.3. The van der Waals surface area contributed by atoms with Crippen molar-refractivity contribution in [2.45, 2.75) is 32.6 Å². The molecule has 33 heavy (non-hydrogen) atoms. The molecular formula is C24H25N7O2. The molecule has 0 spiro atoms. The monoisotopic (exact) mass is 443 g/mol. The van der Waals surface area contributed by atoms with E-state index in [9.17, 15) is 4.79 Å². The van der Waals surface area contributed by atoms with Crippen molar-refractivity contribution in [2.24, 2.45) is 0 Å². The molecule has 168 valence electrons. The first-order valence-electron chi connectivity index (χ1n) is 11.0. The summed E-state index contributed by atoms with van der Waals surface area (Å²) in [7, 11) is 0. The average molecular weight is 444 g/mol. The molecule has 1 amide bonds. The second kappa shape index (κ2) is 8.85. The third-order valence-corrected chi connectivity index (χ3v) is 5.89. The number of benzene rings is 2. The van der Waals surface area contributed by atoms with Gasteiger partial charge in [-0.3, -0.25) is 4.79 Å². The van der Waals surface area contributed by atoms with E-state index in [2.05, 4.69) is 35.5 Å². The van der Waals surface area contributed by atoms with Crippen LogP contribution in [0.15, 0.2) is 53.2 Å². The van der Waals surface area contributed by atoms with Crippen LogP contribution >= 0.6 is 0 Å². The summed E-state index contributed by atoms with van der Waals surface area (Å²) in [5.74, 6) is 2.08. The Kier molecular flexibility index (Phi) is 5.60. The van der Waals surface area contributed by atoms with Gasteiger partial charge in [0.1, 0.15) is 11.8 Å². The smallest absolute Gasteiger partial charge is 0.232 e. The molecule has 1 saturated heterocycles. The normalized spacial score (nSPS) is 14.4. The lowest BCUT2D eigenvalue weighted by atomic mass is 9.97. The number of fused-ring (bicyclic) bond motifs is 1. The molecule has 4 aromatic rings. The molecule has 0 atom stereocenters. The van der Waals surface area contributed by atoms with Crippen LogP contribution < -0.4 is 15.5 Å². The van der Waals surface area contributed by atoms with Crippen molar-refractivity contribution >= 4 is 40.3 Å². The third kappa shape index (κ3) is 4.48. The van der Waals surface area contributed by atoms with Crippen molar-refractivity contribution in [2.75, 3.05) is 28.6 Å². The van der Waals surface area contributed by atoms with Crippen molar-refractivity contribution in [3.63, 3.8) is 0 Å². The number of oxazole rings is 1. The van der Waals surface area contributed by atoms with Crippen LogP contribution in [0.25, 0.3) is 11.1 Å². The Labute approximate surface area is 191 Å². The van der Waals surface area contributed by atoms with Gasteiger partial charge < -0.3 is 20.0 Å². The second-order valence-electron chi connectivity index (χ2n) is 8.17. The fourth-order valence-electron chi connectivity index (χ4n) is 4.11. The molecule has 2 aromatic heterocycles. The first kappa shape index (κ1) is 20.9. The average Bonchev–Trinajstić information content (AvgIpc) is 3.26. The van der Waals surface area contributed by atoms with Gasteiger partial charge in [-0.25, -0.2) is 15.0 Å². The largest absolute Gasteiger partial charge is 0.440 e. The highest BCUT2D eigenvalue weighted by Gasteiger charge is 2.26. The van der Waals surface area contributed by atoms with Crippen LogP contribution in [0.2, 0.25) is 0 Å². The van der Waals surface area contributed by atoms with Crippen molar-refractivity contribution in [3.8, 4) is 0 Å². The van der Waals surface area contributed by atoms with E-state index in [0.29, 0.717) is 11.9 Å². The first-order valence-corrected chi connectivity index (χ1v) is 11.0. The number of hydrogen-bond acceptors (Lipinski definition) is 8. The van der Waals surface area contributed by atoms with Gasteiger partial charge >= 0.3 is 0 Å². The van der Waals surface area contributed by atoms with Gasteiger partial charge in [-0.05, 0) is 49.6 Å². The SMILES string of the molecule is CC(=O)Nc1cccc(Nc2ncnc(N3CCC(c4nc5ccccc5o4)CC3)n2)c1C. The minimum absolute atomic E-state index is 0.112. The Balaban J connectivity index is 1.27. The van der Waals surface area contributed by atoms with Gasteiger partial charge in [0.2, 0.25) is 17.8 Å². The molecule has 3 heterocycles. The fourth-order valence-corrected chi connectivity index (χ4v) is 4.11. The van der Waals surface area contributed by atoms with E-state index in [1.165, 1.54) is 13.3 Å². The van der Waals surface area contributed by atoms with Crippen LogP contribution in [0.4, 0.5) is 23.3 Å². The Morgan fingerprint density at radius 3 is 2.61 bits per heavy atom. The number of aromatic nitrogens is 4. The van der Waals surface area contributed by atoms with Gasteiger partial charge in [0, 0.05) is 37.3 Å². The standard InChI is InChI=1S/C24H25N7O2/c1-15-18(27-16(2)32)7-5-8-19(15)29-23-25-14-26-24(30-23)31-12-10-17(11-13-31)22-28-20-6-3-4-9-21(20)33-22/h3-9,14,17H,10-13H2,1-2H3,(H,27,32)(H,25,26,29,30). The van der Waals surface area contributed by atoms with E-state index in [0.717, 1.165) is 59.9 Å². The Hall–Kier alpha value is -4.01. The lowest BCUT2D eigenvalue weighted by molar-refractivity contribution is -0.114. The maximum Gasteiger partial charge on any atom is 0.232 e. The molecule has 2 aromatic carbocycles. The number of para-hydroxylation sites is 2. The van der Waals surface area contributed by atoms with E-state index >= 15 is 0 Å². The topological polar surface area (TPSA) is 109 Å². The Morgan fingerprint density at radius 2 is 1.82 bits per heavy atom. The third-order valence-electron chi connectivity index (χ3n) is 5.89. The number of hydrogen-bond donors (Lipinski definition) is 2. The van der Waals surface area contributed by atoms with Crippen LogP contribution in [0.5, 0.6) is 0 Å². The zero-order chi connectivity index (χ0) is 22.8. The highest BCUT2D eigenvalue weighted by Crippen LogP contribution is 2.31. The summed E-state index contributed by atoms with van der Waals surface area (Å²) >= 11 is 0. The number of nitrogens with one attached hydrogen (secondary N) is 2. The highest BCUT2D eigenvalue weighted by molar-refractivity contribution is 5.90. The molecular weight excluding hydrogens is 418 g/mol. The minimum atomic E-state index is -0.112. The van der Waals surface area contributed by atoms with Gasteiger partial charge in [0.25, 0.3) is 0 Å². The van der Waals surface area contributed by atoms with Crippen molar-refractivity contribution in [3.05, 3.63) is 60.2 Å². The summed E-state index contributed by atoms with van der Waals surface area (Å²) in [5.41, 5.74) is 4.23. The molecule has 5 rings (SSSR count). The van der Waals surface area contributed by atoms with Crippen molar-refractivity contribution in [1.29, 1.82) is 0 Å². The fraction of sp³-hybridized carbons (Fsp3) is 0.292. The lowest BCUT2D eigenvalue weighted by Crippen LogP contribution is -2.34. The van der Waals surface area contributed by atoms with E-state index in [-0.39, 0.29) is 11.8 Å². The summed E-state index contributed by atoms with van der Waals surface area (Å²) < 4.78 is 5.97. The molecule has 0 radical (unpaired) electrons. The number of anilines is 4. The van der Waals surface area contributed by atoms with Gasteiger partial charge in [-0.1, -0.05) is 18.2 Å². The molecule has 0 unspecified atom stereocenters. The zero-order valence-electron chi connectivity index (χ0n) is 18.6. The quantitative estimate of drug-likeness (QED) is 0.467. The van der Waals surface area contributed by atoms with Gasteiger partial charge in [0.15, 0.2) is 11.5 Å². The number of amides is 1. The summed E-state index contributed by atoms with van der Waals surface area (Å²) in [5, 5.41) is 6.08. The number of carbonyl (C=O) groups is 1. The lowest BCUT2D eigenvalue weighted by Gasteiger charge is -2.30. The second-order valence-corrected chi connectivity index (χ2v) is 8.17. The Bertz CT molecular complexity index is 1260. The molecule has 1 aliphatic rings. The predicted molar refractivity (Wildman–Crippen MR) is 127 cm³/mol. The molecule has 9 heteroatoms. The maximum atomic E-state index is 11.4. The van der Waals surface area contributed by atoms with Crippen LogP contribution in [0.3, 0.4) is 0 Å². The predicted octanol–water partition coefficient (Wildman–Crippen LogP) is 4.41. The van der Waals surface area contributed by atoms with Gasteiger partial charge in [-0.15, -0.1) is 0 Å². The molecule has 2 N–H and O–H groups in total. The summed E-state index contributed by atoms with van der Waals surface area (Å²) in [6, 6.07) is 13.5.